The molecule has 6 nitrogen and oxygen atoms in total. The van der Waals surface area contributed by atoms with Crippen LogP contribution in [0.15, 0.2) is 48.5 Å². The predicted molar refractivity (Wildman–Crippen MR) is 115 cm³/mol. The zero-order valence-corrected chi connectivity index (χ0v) is 17.6. The number of benzene rings is 2. The summed E-state index contributed by atoms with van der Waals surface area (Å²) in [5.74, 6) is 1.23. The number of amides is 2. The zero-order valence-electron chi connectivity index (χ0n) is 17.6. The number of para-hydroxylation sites is 2. The van der Waals surface area contributed by atoms with Crippen LogP contribution in [0.1, 0.15) is 32.8 Å². The second-order valence-electron chi connectivity index (χ2n) is 7.00. The second kappa shape index (κ2) is 11.1. The number of ether oxygens (including phenoxy) is 2. The molecule has 2 aromatic carbocycles. The van der Waals surface area contributed by atoms with Crippen molar-refractivity contribution in [2.45, 2.75) is 39.7 Å². The van der Waals surface area contributed by atoms with Crippen molar-refractivity contribution in [2.75, 3.05) is 25.1 Å². The molecular weight excluding hydrogens is 368 g/mol. The van der Waals surface area contributed by atoms with Gasteiger partial charge in [0.05, 0.1) is 18.9 Å². The van der Waals surface area contributed by atoms with E-state index in [2.05, 4.69) is 5.32 Å². The molecule has 0 saturated heterocycles. The van der Waals surface area contributed by atoms with E-state index in [0.29, 0.717) is 24.5 Å². The Morgan fingerprint density at radius 2 is 1.76 bits per heavy atom. The Morgan fingerprint density at radius 1 is 1.07 bits per heavy atom. The SMILES string of the molecule is COc1ccc(CCNC(=O)CCN(C(C)=O)c2ccccc2OC(C)C)cc1. The Balaban J connectivity index is 1.88. The zero-order chi connectivity index (χ0) is 21.2. The number of rotatable bonds is 10. The molecule has 0 aliphatic carbocycles. The van der Waals surface area contributed by atoms with Gasteiger partial charge in [-0.2, -0.15) is 0 Å². The fraction of sp³-hybridized carbons (Fsp3) is 0.391. The van der Waals surface area contributed by atoms with Crippen molar-refractivity contribution in [1.82, 2.24) is 5.32 Å². The van der Waals surface area contributed by atoms with Crippen molar-refractivity contribution in [2.24, 2.45) is 0 Å². The molecule has 0 heterocycles. The number of hydrogen-bond acceptors (Lipinski definition) is 4. The van der Waals surface area contributed by atoms with Crippen molar-refractivity contribution < 1.29 is 19.1 Å². The van der Waals surface area contributed by atoms with Gasteiger partial charge in [-0.15, -0.1) is 0 Å². The molecule has 0 aliphatic rings. The topological polar surface area (TPSA) is 67.9 Å². The number of hydrogen-bond donors (Lipinski definition) is 1. The molecule has 156 valence electrons. The highest BCUT2D eigenvalue weighted by Gasteiger charge is 2.18. The van der Waals surface area contributed by atoms with Crippen molar-refractivity contribution in [3.05, 3.63) is 54.1 Å². The van der Waals surface area contributed by atoms with Gasteiger partial charge in [0.25, 0.3) is 0 Å². The molecule has 2 amide bonds. The normalized spacial score (nSPS) is 10.5. The van der Waals surface area contributed by atoms with Gasteiger partial charge in [-0.05, 0) is 50.1 Å². The van der Waals surface area contributed by atoms with Crippen LogP contribution in [0.4, 0.5) is 5.69 Å². The predicted octanol–water partition coefficient (Wildman–Crippen LogP) is 3.58. The maximum Gasteiger partial charge on any atom is 0.223 e. The van der Waals surface area contributed by atoms with Crippen LogP contribution < -0.4 is 19.7 Å². The van der Waals surface area contributed by atoms with E-state index in [-0.39, 0.29) is 24.3 Å². The Bertz CT molecular complexity index is 803. The first-order valence-electron chi connectivity index (χ1n) is 9.84. The van der Waals surface area contributed by atoms with Crippen LogP contribution in [-0.2, 0) is 16.0 Å². The molecule has 29 heavy (non-hydrogen) atoms. The van der Waals surface area contributed by atoms with E-state index in [1.54, 1.807) is 12.0 Å². The number of anilines is 1. The molecule has 0 fully saturated rings. The van der Waals surface area contributed by atoms with Gasteiger partial charge in [0.15, 0.2) is 0 Å². The van der Waals surface area contributed by atoms with Gasteiger partial charge < -0.3 is 19.7 Å². The lowest BCUT2D eigenvalue weighted by Gasteiger charge is -2.24. The number of nitrogens with zero attached hydrogens (tertiary/aromatic N) is 1. The fourth-order valence-electron chi connectivity index (χ4n) is 2.92. The molecule has 2 rings (SSSR count). The van der Waals surface area contributed by atoms with Gasteiger partial charge in [-0.1, -0.05) is 24.3 Å². The van der Waals surface area contributed by atoms with Crippen LogP contribution in [-0.4, -0.2) is 38.1 Å². The van der Waals surface area contributed by atoms with Crippen LogP contribution >= 0.6 is 0 Å². The summed E-state index contributed by atoms with van der Waals surface area (Å²) in [7, 11) is 1.63. The molecule has 0 radical (unpaired) electrons. The molecule has 0 atom stereocenters. The second-order valence-corrected chi connectivity index (χ2v) is 7.00. The van der Waals surface area contributed by atoms with Crippen molar-refractivity contribution >= 4 is 17.5 Å². The lowest BCUT2D eigenvalue weighted by Crippen LogP contribution is -2.34. The highest BCUT2D eigenvalue weighted by Crippen LogP contribution is 2.29. The van der Waals surface area contributed by atoms with Crippen molar-refractivity contribution in [1.29, 1.82) is 0 Å². The Kier molecular flexibility index (Phi) is 8.52. The number of carbonyl (C=O) groups is 2. The summed E-state index contributed by atoms with van der Waals surface area (Å²) in [5.41, 5.74) is 1.80. The van der Waals surface area contributed by atoms with E-state index < -0.39 is 0 Å². The summed E-state index contributed by atoms with van der Waals surface area (Å²) in [6.07, 6.45) is 0.946. The average molecular weight is 399 g/mol. The molecule has 0 saturated carbocycles. The van der Waals surface area contributed by atoms with Gasteiger partial charge in [0.1, 0.15) is 11.5 Å². The molecule has 2 aromatic rings. The largest absolute Gasteiger partial charge is 0.497 e. The van der Waals surface area contributed by atoms with Gasteiger partial charge in [-0.25, -0.2) is 0 Å². The Hall–Kier alpha value is -3.02. The summed E-state index contributed by atoms with van der Waals surface area (Å²) in [4.78, 5) is 26.0. The van der Waals surface area contributed by atoms with Gasteiger partial charge in [0, 0.05) is 26.4 Å². The van der Waals surface area contributed by atoms with E-state index >= 15 is 0 Å². The van der Waals surface area contributed by atoms with E-state index in [0.717, 1.165) is 17.7 Å². The smallest absolute Gasteiger partial charge is 0.223 e. The number of carbonyl (C=O) groups excluding carboxylic acids is 2. The minimum atomic E-state index is -0.129. The Labute approximate surface area is 172 Å². The first-order valence-corrected chi connectivity index (χ1v) is 9.84. The van der Waals surface area contributed by atoms with Crippen molar-refractivity contribution in [3.8, 4) is 11.5 Å². The molecule has 0 aliphatic heterocycles. The fourth-order valence-corrected chi connectivity index (χ4v) is 2.92. The quantitative estimate of drug-likeness (QED) is 0.664. The third-order valence-electron chi connectivity index (χ3n) is 4.36. The van der Waals surface area contributed by atoms with E-state index in [9.17, 15) is 9.59 Å². The minimum Gasteiger partial charge on any atom is -0.497 e. The number of methoxy groups -OCH3 is 1. The maximum atomic E-state index is 12.3. The molecule has 0 unspecified atom stereocenters. The van der Waals surface area contributed by atoms with Gasteiger partial charge >= 0.3 is 0 Å². The maximum absolute atomic E-state index is 12.3. The molecule has 0 aromatic heterocycles. The van der Waals surface area contributed by atoms with Crippen LogP contribution in [0.5, 0.6) is 11.5 Å². The first-order chi connectivity index (χ1) is 13.9. The molecule has 1 N–H and O–H groups in total. The number of nitrogens with one attached hydrogen (secondary N) is 1. The third kappa shape index (κ3) is 7.14. The highest BCUT2D eigenvalue weighted by atomic mass is 16.5. The highest BCUT2D eigenvalue weighted by molar-refractivity contribution is 5.93. The summed E-state index contributed by atoms with van der Waals surface area (Å²) >= 11 is 0. The lowest BCUT2D eigenvalue weighted by molar-refractivity contribution is -0.121. The van der Waals surface area contributed by atoms with Crippen LogP contribution in [0.25, 0.3) is 0 Å². The summed E-state index contributed by atoms with van der Waals surface area (Å²) in [5, 5.41) is 2.91. The molecule has 0 spiro atoms. The van der Waals surface area contributed by atoms with Gasteiger partial charge in [-0.3, -0.25) is 9.59 Å². The van der Waals surface area contributed by atoms with E-state index in [4.69, 9.17) is 9.47 Å². The first kappa shape index (κ1) is 22.3. The minimum absolute atomic E-state index is 0.00814. The third-order valence-corrected chi connectivity index (χ3v) is 4.36. The summed E-state index contributed by atoms with van der Waals surface area (Å²) in [6, 6.07) is 15.2. The van der Waals surface area contributed by atoms with Crippen molar-refractivity contribution in [3.63, 3.8) is 0 Å². The Morgan fingerprint density at radius 3 is 2.38 bits per heavy atom. The average Bonchev–Trinajstić information content (AvgIpc) is 2.69. The van der Waals surface area contributed by atoms with E-state index in [1.165, 1.54) is 6.92 Å². The molecule has 6 heteroatoms. The van der Waals surface area contributed by atoms with Crippen LogP contribution in [0, 0.1) is 0 Å². The summed E-state index contributed by atoms with van der Waals surface area (Å²) in [6.45, 7) is 6.20. The van der Waals surface area contributed by atoms with E-state index in [1.807, 2.05) is 62.4 Å². The molecular formula is C23H30N2O4. The van der Waals surface area contributed by atoms with Crippen LogP contribution in [0.2, 0.25) is 0 Å². The summed E-state index contributed by atoms with van der Waals surface area (Å²) < 4.78 is 11.0. The van der Waals surface area contributed by atoms with Gasteiger partial charge in [0.2, 0.25) is 11.8 Å². The standard InChI is InChI=1S/C23H30N2O4/c1-17(2)29-22-8-6-5-7-21(22)25(18(3)26)16-14-23(27)24-15-13-19-9-11-20(28-4)12-10-19/h5-12,17H,13-16H2,1-4H3,(H,24,27). The monoisotopic (exact) mass is 398 g/mol. The van der Waals surface area contributed by atoms with Crippen LogP contribution in [0.3, 0.4) is 0 Å². The molecule has 0 bridgehead atoms. The lowest BCUT2D eigenvalue weighted by atomic mass is 10.1.